The molecule has 0 atom stereocenters. The van der Waals surface area contributed by atoms with Gasteiger partial charge in [0.1, 0.15) is 0 Å². The van der Waals surface area contributed by atoms with Crippen LogP contribution in [-0.4, -0.2) is 30.4 Å². The first-order valence-corrected chi connectivity index (χ1v) is 12.6. The summed E-state index contributed by atoms with van der Waals surface area (Å²) in [4.78, 5) is 19.0. The Morgan fingerprint density at radius 3 is 2.52 bits per heavy atom. The number of carbonyl (C=O) groups is 1. The first kappa shape index (κ1) is 21.5. The topological polar surface area (TPSA) is 68.5 Å². The van der Waals surface area contributed by atoms with Gasteiger partial charge in [0.25, 0.3) is 5.91 Å². The summed E-state index contributed by atoms with van der Waals surface area (Å²) < 4.78 is 27.5. The smallest absolute Gasteiger partial charge is 0.279 e. The van der Waals surface area contributed by atoms with Gasteiger partial charge >= 0.3 is 0 Å². The zero-order valence-corrected chi connectivity index (χ0v) is 18.9. The Bertz CT molecular complexity index is 1230. The Hall–Kier alpha value is -2.16. The minimum atomic E-state index is -3.37. The molecular weight excluding hydrogens is 424 g/mol. The van der Waals surface area contributed by atoms with E-state index in [1.165, 1.54) is 35.6 Å². The second-order valence-electron chi connectivity index (χ2n) is 6.65. The van der Waals surface area contributed by atoms with E-state index < -0.39 is 21.0 Å². The monoisotopic (exact) mass is 446 g/mol. The molecule has 29 heavy (non-hydrogen) atoms. The molecule has 0 saturated heterocycles. The molecule has 1 aromatic heterocycles. The maximum Gasteiger partial charge on any atom is 0.279 e. The highest BCUT2D eigenvalue weighted by atomic mass is 32.2. The van der Waals surface area contributed by atoms with Gasteiger partial charge in [-0.3, -0.25) is 4.79 Å². The van der Waals surface area contributed by atoms with Crippen LogP contribution in [0.1, 0.15) is 24.2 Å². The number of amides is 1. The number of allylic oxidation sites excluding steroid dienone is 1. The van der Waals surface area contributed by atoms with Crippen molar-refractivity contribution in [1.82, 2.24) is 4.57 Å². The van der Waals surface area contributed by atoms with Gasteiger partial charge in [-0.2, -0.15) is 4.99 Å². The summed E-state index contributed by atoms with van der Waals surface area (Å²) in [7, 11) is -3.37. The first-order chi connectivity index (χ1) is 13.8. The molecule has 0 aliphatic carbocycles. The van der Waals surface area contributed by atoms with Gasteiger partial charge in [0.05, 0.1) is 20.4 Å². The third kappa shape index (κ3) is 4.39. The molecule has 1 amide bonds. The lowest BCUT2D eigenvalue weighted by molar-refractivity contribution is 0.0998. The summed E-state index contributed by atoms with van der Waals surface area (Å²) in [6, 6.07) is 12.1. The molecule has 0 spiro atoms. The van der Waals surface area contributed by atoms with Gasteiger partial charge in [-0.25, -0.2) is 8.42 Å². The number of thioether (sulfide) groups is 1. The Balaban J connectivity index is 2.03. The molecule has 0 N–H and O–H groups in total. The van der Waals surface area contributed by atoms with Crippen LogP contribution in [0.15, 0.2) is 69.9 Å². The number of thiazole rings is 1. The summed E-state index contributed by atoms with van der Waals surface area (Å²) in [6.45, 7) is 7.60. The molecule has 0 radical (unpaired) electrons. The summed E-state index contributed by atoms with van der Waals surface area (Å²) >= 11 is 3.10. The van der Waals surface area contributed by atoms with E-state index in [1.54, 1.807) is 31.7 Å². The molecule has 0 aliphatic heterocycles. The average Bonchev–Trinajstić information content (AvgIpc) is 3.04. The number of hydrogen-bond acceptors (Lipinski definition) is 5. The summed E-state index contributed by atoms with van der Waals surface area (Å²) in [5.41, 5.74) is 1.35. The van der Waals surface area contributed by atoms with Gasteiger partial charge in [-0.05, 0) is 62.6 Å². The molecule has 5 nitrogen and oxygen atoms in total. The van der Waals surface area contributed by atoms with Crippen molar-refractivity contribution in [2.75, 3.05) is 6.26 Å². The Morgan fingerprint density at radius 1 is 1.24 bits per heavy atom. The Labute approximate surface area is 178 Å². The van der Waals surface area contributed by atoms with Gasteiger partial charge in [0, 0.05) is 17.0 Å². The molecule has 3 aromatic rings. The van der Waals surface area contributed by atoms with Crippen molar-refractivity contribution in [3.05, 3.63) is 65.5 Å². The van der Waals surface area contributed by atoms with E-state index in [0.717, 1.165) is 15.1 Å². The van der Waals surface area contributed by atoms with E-state index in [-0.39, 0.29) is 4.90 Å². The van der Waals surface area contributed by atoms with Crippen molar-refractivity contribution < 1.29 is 13.2 Å². The van der Waals surface area contributed by atoms with E-state index in [0.29, 0.717) is 16.9 Å². The highest BCUT2D eigenvalue weighted by Crippen LogP contribution is 2.24. The molecule has 0 unspecified atom stereocenters. The lowest BCUT2D eigenvalue weighted by Crippen LogP contribution is -2.16. The fourth-order valence-electron chi connectivity index (χ4n) is 2.78. The standard InChI is InChI=1S/C21H22N2O3S3/c1-5-12-23-18-11-8-16(27-4)13-19(18)28-21(23)22-20(24)15-6-9-17(10-7-15)29(25,26)14(2)3/h5-11,13-14H,1,12H2,2-4H3. The number of hydrogen-bond donors (Lipinski definition) is 0. The lowest BCUT2D eigenvalue weighted by atomic mass is 10.2. The van der Waals surface area contributed by atoms with E-state index in [1.807, 2.05) is 23.0 Å². The predicted octanol–water partition coefficient (Wildman–Crippen LogP) is 4.53. The second kappa shape index (κ2) is 8.69. The fourth-order valence-corrected chi connectivity index (χ4v) is 5.43. The van der Waals surface area contributed by atoms with Crippen molar-refractivity contribution in [3.63, 3.8) is 0 Å². The van der Waals surface area contributed by atoms with Crippen molar-refractivity contribution in [1.29, 1.82) is 0 Å². The number of fused-ring (bicyclic) bond motifs is 1. The van der Waals surface area contributed by atoms with Gasteiger partial charge in [-0.1, -0.05) is 17.4 Å². The van der Waals surface area contributed by atoms with Crippen molar-refractivity contribution >= 4 is 49.1 Å². The zero-order valence-electron chi connectivity index (χ0n) is 16.5. The van der Waals surface area contributed by atoms with Crippen LogP contribution in [0.4, 0.5) is 0 Å². The highest BCUT2D eigenvalue weighted by molar-refractivity contribution is 7.98. The molecule has 0 bridgehead atoms. The van der Waals surface area contributed by atoms with Crippen LogP contribution in [0.2, 0.25) is 0 Å². The SMILES string of the molecule is C=CCn1c(=NC(=O)c2ccc(S(=O)(=O)C(C)C)cc2)sc2cc(SC)ccc21. The molecule has 0 aliphatic rings. The Morgan fingerprint density at radius 2 is 1.93 bits per heavy atom. The molecule has 0 saturated carbocycles. The van der Waals surface area contributed by atoms with Crippen LogP contribution in [0.3, 0.4) is 0 Å². The second-order valence-corrected chi connectivity index (χ2v) is 11.0. The van der Waals surface area contributed by atoms with Crippen LogP contribution in [0.5, 0.6) is 0 Å². The normalized spacial score (nSPS) is 12.6. The van der Waals surface area contributed by atoms with Gasteiger partial charge < -0.3 is 4.57 Å². The average molecular weight is 447 g/mol. The van der Waals surface area contributed by atoms with Crippen LogP contribution >= 0.6 is 23.1 Å². The maximum atomic E-state index is 12.7. The van der Waals surface area contributed by atoms with E-state index >= 15 is 0 Å². The quantitative estimate of drug-likeness (QED) is 0.412. The van der Waals surface area contributed by atoms with Gasteiger partial charge in [0.2, 0.25) is 0 Å². The number of sulfone groups is 1. The highest BCUT2D eigenvalue weighted by Gasteiger charge is 2.19. The first-order valence-electron chi connectivity index (χ1n) is 8.99. The summed E-state index contributed by atoms with van der Waals surface area (Å²) in [6.07, 6.45) is 3.79. The molecule has 8 heteroatoms. The van der Waals surface area contributed by atoms with Crippen LogP contribution < -0.4 is 4.80 Å². The third-order valence-electron chi connectivity index (χ3n) is 4.45. The number of carbonyl (C=O) groups excluding carboxylic acids is 1. The molecule has 152 valence electrons. The van der Waals surface area contributed by atoms with Crippen molar-refractivity contribution in [3.8, 4) is 0 Å². The van der Waals surface area contributed by atoms with E-state index in [2.05, 4.69) is 17.6 Å². The van der Waals surface area contributed by atoms with Crippen LogP contribution in [0, 0.1) is 0 Å². The molecule has 3 rings (SSSR count). The molecule has 0 fully saturated rings. The minimum absolute atomic E-state index is 0.206. The molecular formula is C21H22N2O3S3. The number of nitrogens with zero attached hydrogens (tertiary/aromatic N) is 2. The van der Waals surface area contributed by atoms with Gasteiger partial charge in [-0.15, -0.1) is 18.3 Å². The lowest BCUT2D eigenvalue weighted by Gasteiger charge is -2.07. The van der Waals surface area contributed by atoms with E-state index in [9.17, 15) is 13.2 Å². The Kier molecular flexibility index (Phi) is 6.45. The van der Waals surface area contributed by atoms with Crippen molar-refractivity contribution in [2.45, 2.75) is 35.4 Å². The maximum absolute atomic E-state index is 12.7. The number of aromatic nitrogens is 1. The number of rotatable bonds is 6. The minimum Gasteiger partial charge on any atom is -0.312 e. The predicted molar refractivity (Wildman–Crippen MR) is 120 cm³/mol. The molecule has 1 heterocycles. The summed E-state index contributed by atoms with van der Waals surface area (Å²) in [5.74, 6) is -0.409. The zero-order chi connectivity index (χ0) is 21.2. The van der Waals surface area contributed by atoms with Crippen LogP contribution in [0.25, 0.3) is 10.2 Å². The van der Waals surface area contributed by atoms with Crippen LogP contribution in [-0.2, 0) is 16.4 Å². The van der Waals surface area contributed by atoms with E-state index in [4.69, 9.17) is 0 Å². The van der Waals surface area contributed by atoms with Gasteiger partial charge in [0.15, 0.2) is 14.6 Å². The largest absolute Gasteiger partial charge is 0.312 e. The summed E-state index contributed by atoms with van der Waals surface area (Å²) in [5, 5.41) is -0.517. The van der Waals surface area contributed by atoms with Crippen molar-refractivity contribution in [2.24, 2.45) is 4.99 Å². The number of benzene rings is 2. The molecule has 2 aromatic carbocycles. The fraction of sp³-hybridized carbons (Fsp3) is 0.238. The third-order valence-corrected chi connectivity index (χ3v) is 8.39.